The van der Waals surface area contributed by atoms with E-state index in [-0.39, 0.29) is 10.7 Å². The van der Waals surface area contributed by atoms with Crippen molar-refractivity contribution in [3.05, 3.63) is 48.3 Å². The van der Waals surface area contributed by atoms with Crippen molar-refractivity contribution in [3.63, 3.8) is 0 Å². The van der Waals surface area contributed by atoms with Gasteiger partial charge >= 0.3 is 6.55 Å². The van der Waals surface area contributed by atoms with E-state index in [1.54, 1.807) is 0 Å². The Hall–Kier alpha value is -1.83. The molecule has 8 heteroatoms. The Bertz CT molecular complexity index is 683. The van der Waals surface area contributed by atoms with Crippen LogP contribution in [0.5, 0.6) is 0 Å². The number of benzene rings is 1. The molecule has 19 heavy (non-hydrogen) atoms. The average Bonchev–Trinajstić information content (AvgIpc) is 2.76. The number of imidazole rings is 1. The van der Waals surface area contributed by atoms with Crippen LogP contribution in [-0.2, 0) is 15.6 Å². The van der Waals surface area contributed by atoms with Gasteiger partial charge in [0.25, 0.3) is 0 Å². The molecule has 4 nitrogen and oxygen atoms in total. The molecule has 2 rings (SSSR count). The lowest BCUT2D eigenvalue weighted by molar-refractivity contribution is 0.0677. The quantitative estimate of drug-likeness (QED) is 0.868. The Labute approximate surface area is 107 Å². The van der Waals surface area contributed by atoms with Crippen LogP contribution < -0.4 is 0 Å². The van der Waals surface area contributed by atoms with Crippen molar-refractivity contribution in [1.29, 1.82) is 0 Å². The molecule has 0 fully saturated rings. The number of halogens is 3. The molecule has 102 valence electrons. The van der Waals surface area contributed by atoms with Crippen LogP contribution in [0.15, 0.2) is 41.6 Å². The molecule has 0 atom stereocenters. The summed E-state index contributed by atoms with van der Waals surface area (Å²) in [4.78, 5) is 3.31. The molecule has 0 amide bonds. The maximum Gasteiger partial charge on any atom is 0.319 e. The second-order valence-corrected chi connectivity index (χ2v) is 5.73. The van der Waals surface area contributed by atoms with Crippen LogP contribution in [0.2, 0.25) is 0 Å². The first-order valence-electron chi connectivity index (χ1n) is 5.18. The van der Waals surface area contributed by atoms with Crippen LogP contribution in [0.1, 0.15) is 12.4 Å². The lowest BCUT2D eigenvalue weighted by atomic mass is 10.4. The fourth-order valence-electron chi connectivity index (χ4n) is 1.55. The molecule has 0 N–H and O–H groups in total. The van der Waals surface area contributed by atoms with Crippen LogP contribution in [-0.4, -0.2) is 18.0 Å². The maximum absolute atomic E-state index is 13.0. The molecule has 2 aromatic rings. The summed E-state index contributed by atoms with van der Waals surface area (Å²) in [6.07, 6.45) is 2.07. The molecule has 0 aliphatic heterocycles. The third-order valence-electron chi connectivity index (χ3n) is 2.43. The van der Waals surface area contributed by atoms with Gasteiger partial charge in [-0.05, 0) is 18.2 Å². The van der Waals surface area contributed by atoms with Crippen molar-refractivity contribution in [1.82, 2.24) is 9.55 Å². The topological polar surface area (TPSA) is 52.0 Å². The smallest absolute Gasteiger partial charge is 0.277 e. The maximum atomic E-state index is 13.0. The molecule has 0 spiro atoms. The number of alkyl halides is 2. The first-order valence-corrected chi connectivity index (χ1v) is 6.83. The van der Waals surface area contributed by atoms with Gasteiger partial charge in [-0.25, -0.2) is 17.8 Å². The van der Waals surface area contributed by atoms with Gasteiger partial charge in [0.05, 0.1) is 4.90 Å². The minimum absolute atomic E-state index is 0.267. The third kappa shape index (κ3) is 2.95. The van der Waals surface area contributed by atoms with Crippen LogP contribution >= 0.6 is 0 Å². The Morgan fingerprint density at radius 2 is 2.05 bits per heavy atom. The van der Waals surface area contributed by atoms with E-state index < -0.39 is 28.0 Å². The van der Waals surface area contributed by atoms with Crippen molar-refractivity contribution in [2.45, 2.75) is 17.2 Å². The van der Waals surface area contributed by atoms with Crippen LogP contribution in [0, 0.1) is 5.82 Å². The van der Waals surface area contributed by atoms with E-state index in [4.69, 9.17) is 0 Å². The van der Waals surface area contributed by atoms with E-state index >= 15 is 0 Å². The minimum atomic E-state index is -3.92. The van der Waals surface area contributed by atoms with E-state index in [1.807, 2.05) is 0 Å². The molecule has 0 aliphatic carbocycles. The van der Waals surface area contributed by atoms with Crippen LogP contribution in [0.3, 0.4) is 0 Å². The van der Waals surface area contributed by atoms with E-state index in [1.165, 1.54) is 12.1 Å². The van der Waals surface area contributed by atoms with Gasteiger partial charge in [0.15, 0.2) is 9.84 Å². The molecule has 1 aromatic heterocycles. The number of hydrogen-bond donors (Lipinski definition) is 0. The highest BCUT2D eigenvalue weighted by molar-refractivity contribution is 7.90. The lowest BCUT2D eigenvalue weighted by Crippen LogP contribution is -2.11. The third-order valence-corrected chi connectivity index (χ3v) is 4.04. The summed E-state index contributed by atoms with van der Waals surface area (Å²) < 4.78 is 62.5. The lowest BCUT2D eigenvalue weighted by Gasteiger charge is -2.07. The fourth-order valence-corrected chi connectivity index (χ4v) is 2.86. The molecule has 1 heterocycles. The molecule has 0 saturated heterocycles. The molecular formula is C11H9F3N2O2S. The molecule has 1 aromatic carbocycles. The fraction of sp³-hybridized carbons (Fsp3) is 0.182. The van der Waals surface area contributed by atoms with Gasteiger partial charge in [0.2, 0.25) is 0 Å². The highest BCUT2D eigenvalue weighted by atomic mass is 32.2. The highest BCUT2D eigenvalue weighted by Crippen LogP contribution is 2.19. The van der Waals surface area contributed by atoms with Crippen LogP contribution in [0.4, 0.5) is 13.2 Å². The molecular weight excluding hydrogens is 281 g/mol. The largest absolute Gasteiger partial charge is 0.319 e. The summed E-state index contributed by atoms with van der Waals surface area (Å²) in [7, 11) is -3.92. The van der Waals surface area contributed by atoms with Gasteiger partial charge in [-0.2, -0.15) is 8.78 Å². The zero-order chi connectivity index (χ0) is 14.0. The van der Waals surface area contributed by atoms with Crippen molar-refractivity contribution >= 4 is 9.84 Å². The van der Waals surface area contributed by atoms with Crippen molar-refractivity contribution < 1.29 is 21.6 Å². The Kier molecular flexibility index (Phi) is 3.61. The van der Waals surface area contributed by atoms with Crippen LogP contribution in [0.25, 0.3) is 0 Å². The predicted molar refractivity (Wildman–Crippen MR) is 60.8 cm³/mol. The summed E-state index contributed by atoms with van der Waals surface area (Å²) in [5.41, 5.74) is 0. The molecule has 0 radical (unpaired) electrons. The van der Waals surface area contributed by atoms with E-state index in [9.17, 15) is 21.6 Å². The van der Waals surface area contributed by atoms with Gasteiger partial charge in [-0.3, -0.25) is 4.57 Å². The minimum Gasteiger partial charge on any atom is -0.277 e. The second-order valence-electron chi connectivity index (χ2n) is 3.74. The van der Waals surface area contributed by atoms with E-state index in [2.05, 4.69) is 4.98 Å². The Balaban J connectivity index is 2.34. The summed E-state index contributed by atoms with van der Waals surface area (Å²) in [5, 5.41) is 0. The van der Waals surface area contributed by atoms with Gasteiger partial charge in [-0.1, -0.05) is 6.07 Å². The standard InChI is InChI=1S/C11H9F3N2O2S/c12-8-2-1-3-9(6-8)19(17,18)7-10-15-4-5-16(10)11(13)14/h1-6,11H,7H2. The number of sulfone groups is 1. The second kappa shape index (κ2) is 5.04. The van der Waals surface area contributed by atoms with Crippen molar-refractivity contribution in [3.8, 4) is 0 Å². The predicted octanol–water partition coefficient (Wildman–Crippen LogP) is 2.39. The molecule has 0 unspecified atom stereocenters. The number of rotatable bonds is 4. The number of nitrogens with zero attached hydrogens (tertiary/aromatic N) is 2. The van der Waals surface area contributed by atoms with Crippen molar-refractivity contribution in [2.24, 2.45) is 0 Å². The normalized spacial score (nSPS) is 12.0. The molecule has 0 aliphatic rings. The van der Waals surface area contributed by atoms with Crippen molar-refractivity contribution in [2.75, 3.05) is 0 Å². The molecule has 0 saturated carbocycles. The average molecular weight is 290 g/mol. The summed E-state index contributed by atoms with van der Waals surface area (Å²) >= 11 is 0. The first-order chi connectivity index (χ1) is 8.90. The Morgan fingerprint density at radius 3 is 2.68 bits per heavy atom. The monoisotopic (exact) mass is 290 g/mol. The van der Waals surface area contributed by atoms with Gasteiger partial charge in [0, 0.05) is 12.4 Å². The Morgan fingerprint density at radius 1 is 1.32 bits per heavy atom. The number of hydrogen-bond acceptors (Lipinski definition) is 3. The SMILES string of the molecule is O=S(=O)(Cc1nccn1C(F)F)c1cccc(F)c1. The molecule has 0 bridgehead atoms. The van der Waals surface area contributed by atoms with E-state index in [0.717, 1.165) is 24.5 Å². The van der Waals surface area contributed by atoms with E-state index in [0.29, 0.717) is 4.57 Å². The zero-order valence-corrected chi connectivity index (χ0v) is 10.3. The number of aromatic nitrogens is 2. The van der Waals surface area contributed by atoms with Gasteiger partial charge < -0.3 is 0 Å². The zero-order valence-electron chi connectivity index (χ0n) is 9.50. The van der Waals surface area contributed by atoms with Gasteiger partial charge in [0.1, 0.15) is 17.4 Å². The highest BCUT2D eigenvalue weighted by Gasteiger charge is 2.21. The summed E-state index contributed by atoms with van der Waals surface area (Å²) in [6, 6.07) is 4.37. The summed E-state index contributed by atoms with van der Waals surface area (Å²) in [5.74, 6) is -1.72. The summed E-state index contributed by atoms with van der Waals surface area (Å²) in [6.45, 7) is -2.87. The first kappa shape index (κ1) is 13.6. The van der Waals surface area contributed by atoms with Gasteiger partial charge in [-0.15, -0.1) is 0 Å².